The summed E-state index contributed by atoms with van der Waals surface area (Å²) in [6, 6.07) is 14.0. The van der Waals surface area contributed by atoms with E-state index < -0.39 is 0 Å². The molecular weight excluding hydrogens is 348 g/mol. The van der Waals surface area contributed by atoms with Crippen molar-refractivity contribution >= 4 is 17.1 Å². The molecule has 0 aliphatic heterocycles. The fraction of sp³-hybridized carbons (Fsp3) is 0.158. The Balaban J connectivity index is 1.59. The largest absolute Gasteiger partial charge is 0.340 e. The average molecular weight is 364 g/mol. The van der Waals surface area contributed by atoms with Crippen molar-refractivity contribution in [1.82, 2.24) is 19.9 Å². The summed E-state index contributed by atoms with van der Waals surface area (Å²) in [6.07, 6.45) is 1.90. The van der Waals surface area contributed by atoms with Gasteiger partial charge in [0.25, 0.3) is 0 Å². The first-order valence-electron chi connectivity index (χ1n) is 8.13. The van der Waals surface area contributed by atoms with Crippen molar-refractivity contribution in [2.45, 2.75) is 20.4 Å². The molecule has 0 spiro atoms. The van der Waals surface area contributed by atoms with Crippen molar-refractivity contribution in [3.05, 3.63) is 65.3 Å². The number of ketones is 1. The molecule has 3 aromatic heterocycles. The normalized spacial score (nSPS) is 11.0. The van der Waals surface area contributed by atoms with Gasteiger partial charge in [0.2, 0.25) is 5.89 Å². The van der Waals surface area contributed by atoms with E-state index >= 15 is 0 Å². The number of carbonyl (C=O) groups is 1. The van der Waals surface area contributed by atoms with Gasteiger partial charge in [-0.2, -0.15) is 10.1 Å². The van der Waals surface area contributed by atoms with Crippen LogP contribution < -0.4 is 0 Å². The van der Waals surface area contributed by atoms with Crippen molar-refractivity contribution in [2.24, 2.45) is 0 Å². The van der Waals surface area contributed by atoms with E-state index in [-0.39, 0.29) is 5.78 Å². The molecule has 26 heavy (non-hydrogen) atoms. The first-order chi connectivity index (χ1) is 12.6. The van der Waals surface area contributed by atoms with E-state index in [0.717, 1.165) is 26.6 Å². The number of Topliss-reactive ketones (excluding diaryl/α,β-unsaturated/α-hetero) is 1. The van der Waals surface area contributed by atoms with Gasteiger partial charge in [-0.15, -0.1) is 11.3 Å². The SMILES string of the molecule is CC(=O)c1ccc(-c2cccc(-c3ccn(Cc4noc(C)n4)n3)c2)s1. The van der Waals surface area contributed by atoms with Gasteiger partial charge in [0, 0.05) is 23.6 Å². The van der Waals surface area contributed by atoms with Crippen LogP contribution in [0.15, 0.2) is 53.2 Å². The van der Waals surface area contributed by atoms with E-state index in [0.29, 0.717) is 18.3 Å². The number of aromatic nitrogens is 4. The predicted molar refractivity (Wildman–Crippen MR) is 99.1 cm³/mol. The molecule has 0 atom stereocenters. The number of hydrogen-bond acceptors (Lipinski definition) is 6. The molecular formula is C19H16N4O2S. The Bertz CT molecular complexity index is 1080. The van der Waals surface area contributed by atoms with E-state index in [9.17, 15) is 4.79 Å². The minimum atomic E-state index is 0.0906. The van der Waals surface area contributed by atoms with Gasteiger partial charge in [0.15, 0.2) is 11.6 Å². The Labute approximate surface area is 154 Å². The van der Waals surface area contributed by atoms with Crippen molar-refractivity contribution in [3.63, 3.8) is 0 Å². The van der Waals surface area contributed by atoms with E-state index in [1.165, 1.54) is 11.3 Å². The molecule has 0 unspecified atom stereocenters. The number of benzene rings is 1. The zero-order valence-corrected chi connectivity index (χ0v) is 15.2. The molecule has 0 aliphatic rings. The summed E-state index contributed by atoms with van der Waals surface area (Å²) in [7, 11) is 0. The topological polar surface area (TPSA) is 73.8 Å². The standard InChI is InChI=1S/C19H16N4O2S/c1-12(24)17-6-7-18(26-17)15-5-3-4-14(10-15)16-8-9-23(21-16)11-19-20-13(2)25-22-19/h3-10H,11H2,1-2H3. The summed E-state index contributed by atoms with van der Waals surface area (Å²) in [5, 5.41) is 8.49. The maximum atomic E-state index is 11.5. The smallest absolute Gasteiger partial charge is 0.223 e. The Kier molecular flexibility index (Phi) is 4.22. The van der Waals surface area contributed by atoms with Crippen LogP contribution in [0.3, 0.4) is 0 Å². The van der Waals surface area contributed by atoms with Gasteiger partial charge in [-0.25, -0.2) is 0 Å². The Morgan fingerprint density at radius 2 is 2.04 bits per heavy atom. The fourth-order valence-corrected chi connectivity index (χ4v) is 3.57. The third kappa shape index (κ3) is 3.34. The van der Waals surface area contributed by atoms with Crippen molar-refractivity contribution in [2.75, 3.05) is 0 Å². The summed E-state index contributed by atoms with van der Waals surface area (Å²) in [5.74, 6) is 1.23. The second-order valence-electron chi connectivity index (χ2n) is 5.93. The lowest BCUT2D eigenvalue weighted by Crippen LogP contribution is -2.02. The zero-order valence-electron chi connectivity index (χ0n) is 14.3. The summed E-state index contributed by atoms with van der Waals surface area (Å²) in [5.41, 5.74) is 2.96. The molecule has 3 heterocycles. The summed E-state index contributed by atoms with van der Waals surface area (Å²) in [4.78, 5) is 17.5. The number of carbonyl (C=O) groups excluding carboxylic acids is 1. The highest BCUT2D eigenvalue weighted by molar-refractivity contribution is 7.17. The molecule has 0 bridgehead atoms. The molecule has 0 N–H and O–H groups in total. The second kappa shape index (κ2) is 6.68. The van der Waals surface area contributed by atoms with Gasteiger partial charge in [0.05, 0.1) is 10.6 Å². The molecule has 4 rings (SSSR count). The van der Waals surface area contributed by atoms with Gasteiger partial charge in [-0.1, -0.05) is 23.4 Å². The quantitative estimate of drug-likeness (QED) is 0.496. The molecule has 0 fully saturated rings. The molecule has 0 aliphatic carbocycles. The highest BCUT2D eigenvalue weighted by atomic mass is 32.1. The first kappa shape index (κ1) is 16.4. The van der Waals surface area contributed by atoms with Gasteiger partial charge in [0.1, 0.15) is 6.54 Å². The lowest BCUT2D eigenvalue weighted by molar-refractivity contribution is 0.102. The van der Waals surface area contributed by atoms with Gasteiger partial charge in [-0.05, 0) is 36.8 Å². The van der Waals surface area contributed by atoms with Gasteiger partial charge >= 0.3 is 0 Å². The van der Waals surface area contributed by atoms with Crippen LogP contribution in [0.4, 0.5) is 0 Å². The van der Waals surface area contributed by atoms with Crippen LogP contribution in [0.5, 0.6) is 0 Å². The lowest BCUT2D eigenvalue weighted by atomic mass is 10.1. The number of thiophene rings is 1. The van der Waals surface area contributed by atoms with Crippen LogP contribution in [0.1, 0.15) is 28.3 Å². The van der Waals surface area contributed by atoms with Crippen LogP contribution in [-0.4, -0.2) is 25.7 Å². The Hall–Kier alpha value is -3.06. The summed E-state index contributed by atoms with van der Waals surface area (Å²) >= 11 is 1.51. The van der Waals surface area contributed by atoms with Crippen molar-refractivity contribution in [1.29, 1.82) is 0 Å². The van der Waals surface area contributed by atoms with Crippen LogP contribution in [0.25, 0.3) is 21.7 Å². The summed E-state index contributed by atoms with van der Waals surface area (Å²) in [6.45, 7) is 3.81. The minimum absolute atomic E-state index is 0.0906. The predicted octanol–water partition coefficient (Wildman–Crippen LogP) is 4.22. The third-order valence-electron chi connectivity index (χ3n) is 3.91. The van der Waals surface area contributed by atoms with Crippen LogP contribution >= 0.6 is 11.3 Å². The molecule has 1 aromatic carbocycles. The molecule has 4 aromatic rings. The van der Waals surface area contributed by atoms with E-state index in [2.05, 4.69) is 21.3 Å². The second-order valence-corrected chi connectivity index (χ2v) is 7.01. The maximum absolute atomic E-state index is 11.5. The molecule has 0 amide bonds. The molecule has 130 valence electrons. The third-order valence-corrected chi connectivity index (χ3v) is 5.14. The minimum Gasteiger partial charge on any atom is -0.340 e. The maximum Gasteiger partial charge on any atom is 0.223 e. The van der Waals surface area contributed by atoms with Gasteiger partial charge < -0.3 is 4.52 Å². The molecule has 0 saturated carbocycles. The van der Waals surface area contributed by atoms with Crippen LogP contribution in [-0.2, 0) is 6.54 Å². The lowest BCUT2D eigenvalue weighted by Gasteiger charge is -2.02. The Morgan fingerprint density at radius 3 is 2.77 bits per heavy atom. The number of aryl methyl sites for hydroxylation is 1. The van der Waals surface area contributed by atoms with E-state index in [1.807, 2.05) is 42.6 Å². The molecule has 0 radical (unpaired) electrons. The first-order valence-corrected chi connectivity index (χ1v) is 8.94. The van der Waals surface area contributed by atoms with Crippen molar-refractivity contribution in [3.8, 4) is 21.7 Å². The number of nitrogens with zero attached hydrogens (tertiary/aromatic N) is 4. The van der Waals surface area contributed by atoms with Crippen LogP contribution in [0.2, 0.25) is 0 Å². The zero-order chi connectivity index (χ0) is 18.1. The average Bonchev–Trinajstić information content (AvgIpc) is 3.36. The highest BCUT2D eigenvalue weighted by Crippen LogP contribution is 2.31. The number of hydrogen-bond donors (Lipinski definition) is 0. The van der Waals surface area contributed by atoms with E-state index in [4.69, 9.17) is 4.52 Å². The van der Waals surface area contributed by atoms with Crippen LogP contribution in [0, 0.1) is 6.92 Å². The van der Waals surface area contributed by atoms with Gasteiger partial charge in [-0.3, -0.25) is 9.48 Å². The van der Waals surface area contributed by atoms with E-state index in [1.54, 1.807) is 18.5 Å². The monoisotopic (exact) mass is 364 g/mol. The fourth-order valence-electron chi connectivity index (χ4n) is 2.67. The highest BCUT2D eigenvalue weighted by Gasteiger charge is 2.10. The summed E-state index contributed by atoms with van der Waals surface area (Å²) < 4.78 is 6.77. The molecule has 6 nitrogen and oxygen atoms in total. The molecule has 0 saturated heterocycles. The van der Waals surface area contributed by atoms with Crippen molar-refractivity contribution < 1.29 is 9.32 Å². The Morgan fingerprint density at radius 1 is 1.19 bits per heavy atom. The molecule has 7 heteroatoms. The number of rotatable bonds is 5.